The van der Waals surface area contributed by atoms with E-state index in [1.165, 1.54) is 0 Å². The number of nitrogens with one attached hydrogen (secondary N) is 1. The van der Waals surface area contributed by atoms with E-state index in [9.17, 15) is 0 Å². The Labute approximate surface area is 92.2 Å². The Hall–Kier alpha value is -1.25. The Morgan fingerprint density at radius 1 is 1.53 bits per heavy atom. The number of hydrogen-bond donors (Lipinski definition) is 1. The molecular formula is C12H21N3. The van der Waals surface area contributed by atoms with Crippen LogP contribution in [0, 0.1) is 6.92 Å². The molecule has 0 bridgehead atoms. The predicted molar refractivity (Wildman–Crippen MR) is 65.3 cm³/mol. The molecule has 1 aromatic rings. The lowest BCUT2D eigenvalue weighted by atomic mass is 10.2. The van der Waals surface area contributed by atoms with Gasteiger partial charge < -0.3 is 9.88 Å². The second-order valence-electron chi connectivity index (χ2n) is 3.75. The van der Waals surface area contributed by atoms with Gasteiger partial charge in [-0.05, 0) is 19.8 Å². The number of anilines is 1. The molecule has 0 aromatic carbocycles. The van der Waals surface area contributed by atoms with Gasteiger partial charge in [-0.15, -0.1) is 6.58 Å². The highest BCUT2D eigenvalue weighted by atomic mass is 15.2. The molecule has 0 atom stereocenters. The fourth-order valence-corrected chi connectivity index (χ4v) is 1.77. The highest BCUT2D eigenvalue weighted by Crippen LogP contribution is 2.21. The molecule has 0 aliphatic heterocycles. The van der Waals surface area contributed by atoms with Crippen LogP contribution >= 0.6 is 0 Å². The van der Waals surface area contributed by atoms with E-state index in [0.29, 0.717) is 6.04 Å². The van der Waals surface area contributed by atoms with E-state index in [4.69, 9.17) is 0 Å². The van der Waals surface area contributed by atoms with Crippen LogP contribution in [0.15, 0.2) is 18.9 Å². The van der Waals surface area contributed by atoms with Gasteiger partial charge in [-0.25, -0.2) is 4.98 Å². The first kappa shape index (κ1) is 11.8. The zero-order valence-electron chi connectivity index (χ0n) is 9.95. The predicted octanol–water partition coefficient (Wildman–Crippen LogP) is 3.15. The number of imidazole rings is 1. The number of aromatic nitrogens is 2. The van der Waals surface area contributed by atoms with Crippen molar-refractivity contribution in [2.75, 3.05) is 11.9 Å². The average Bonchev–Trinajstić information content (AvgIpc) is 2.59. The van der Waals surface area contributed by atoms with Gasteiger partial charge in [-0.2, -0.15) is 0 Å². The number of nitrogens with zero attached hydrogens (tertiary/aromatic N) is 2. The molecule has 1 rings (SSSR count). The van der Waals surface area contributed by atoms with Crippen LogP contribution in [0.4, 0.5) is 5.95 Å². The van der Waals surface area contributed by atoms with Crippen LogP contribution in [0.5, 0.6) is 0 Å². The fourth-order valence-electron chi connectivity index (χ4n) is 1.77. The molecule has 3 heteroatoms. The van der Waals surface area contributed by atoms with Crippen molar-refractivity contribution in [2.45, 2.75) is 39.7 Å². The summed E-state index contributed by atoms with van der Waals surface area (Å²) in [4.78, 5) is 4.47. The summed E-state index contributed by atoms with van der Waals surface area (Å²) in [6, 6.07) is 0.540. The number of hydrogen-bond acceptors (Lipinski definition) is 2. The number of rotatable bonds is 6. The van der Waals surface area contributed by atoms with Crippen LogP contribution in [-0.2, 0) is 0 Å². The van der Waals surface area contributed by atoms with Crippen molar-refractivity contribution in [3.8, 4) is 0 Å². The van der Waals surface area contributed by atoms with Gasteiger partial charge in [-0.1, -0.05) is 19.9 Å². The van der Waals surface area contributed by atoms with E-state index in [1.54, 1.807) is 0 Å². The molecular weight excluding hydrogens is 186 g/mol. The van der Waals surface area contributed by atoms with Gasteiger partial charge in [0.25, 0.3) is 0 Å². The molecule has 0 radical (unpaired) electrons. The van der Waals surface area contributed by atoms with E-state index in [1.807, 2.05) is 13.0 Å². The van der Waals surface area contributed by atoms with Crippen molar-refractivity contribution in [1.29, 1.82) is 0 Å². The highest BCUT2D eigenvalue weighted by molar-refractivity contribution is 5.30. The Kier molecular flexibility index (Phi) is 4.40. The minimum atomic E-state index is 0.540. The zero-order valence-corrected chi connectivity index (χ0v) is 9.95. The van der Waals surface area contributed by atoms with Crippen molar-refractivity contribution in [3.63, 3.8) is 0 Å². The van der Waals surface area contributed by atoms with Crippen molar-refractivity contribution in [2.24, 2.45) is 0 Å². The summed E-state index contributed by atoms with van der Waals surface area (Å²) in [5, 5.41) is 3.27. The Morgan fingerprint density at radius 2 is 2.20 bits per heavy atom. The first-order chi connectivity index (χ1) is 7.22. The first-order valence-electron chi connectivity index (χ1n) is 5.63. The van der Waals surface area contributed by atoms with Gasteiger partial charge in [0, 0.05) is 18.8 Å². The molecule has 0 saturated heterocycles. The maximum absolute atomic E-state index is 4.47. The maximum atomic E-state index is 4.47. The molecule has 0 fully saturated rings. The normalized spacial score (nSPS) is 10.7. The SMILES string of the molecule is C=CCNc1nc(C)cn1C(CC)CC. The Bertz CT molecular complexity index is 311. The zero-order chi connectivity index (χ0) is 11.3. The third-order valence-corrected chi connectivity index (χ3v) is 2.59. The second kappa shape index (κ2) is 5.59. The van der Waals surface area contributed by atoms with Crippen LogP contribution in [-0.4, -0.2) is 16.1 Å². The standard InChI is InChI=1S/C12H21N3/c1-5-8-13-12-14-10(4)9-15(12)11(6-2)7-3/h5,9,11H,1,6-8H2,2-4H3,(H,13,14). The Balaban J connectivity index is 2.88. The van der Waals surface area contributed by atoms with Crippen molar-refractivity contribution in [1.82, 2.24) is 9.55 Å². The van der Waals surface area contributed by atoms with Crippen molar-refractivity contribution >= 4 is 5.95 Å². The lowest BCUT2D eigenvalue weighted by Gasteiger charge is -2.17. The van der Waals surface area contributed by atoms with E-state index in [2.05, 4.69) is 41.5 Å². The first-order valence-corrected chi connectivity index (χ1v) is 5.63. The van der Waals surface area contributed by atoms with Crippen LogP contribution in [0.1, 0.15) is 38.4 Å². The van der Waals surface area contributed by atoms with Gasteiger partial charge >= 0.3 is 0 Å². The van der Waals surface area contributed by atoms with Gasteiger partial charge in [-0.3, -0.25) is 0 Å². The monoisotopic (exact) mass is 207 g/mol. The molecule has 3 nitrogen and oxygen atoms in total. The summed E-state index contributed by atoms with van der Waals surface area (Å²) >= 11 is 0. The summed E-state index contributed by atoms with van der Waals surface area (Å²) in [6.45, 7) is 10.9. The molecule has 0 aliphatic carbocycles. The third kappa shape index (κ3) is 2.85. The molecule has 0 aliphatic rings. The summed E-state index contributed by atoms with van der Waals surface area (Å²) in [5.41, 5.74) is 1.06. The van der Waals surface area contributed by atoms with E-state index in [0.717, 1.165) is 31.0 Å². The summed E-state index contributed by atoms with van der Waals surface area (Å²) in [6.07, 6.45) is 6.23. The van der Waals surface area contributed by atoms with Crippen LogP contribution in [0.3, 0.4) is 0 Å². The lowest BCUT2D eigenvalue weighted by Crippen LogP contribution is -2.11. The molecule has 1 aromatic heterocycles. The molecule has 15 heavy (non-hydrogen) atoms. The van der Waals surface area contributed by atoms with Crippen LogP contribution in [0.2, 0.25) is 0 Å². The van der Waals surface area contributed by atoms with Crippen LogP contribution in [0.25, 0.3) is 0 Å². The van der Waals surface area contributed by atoms with Crippen LogP contribution < -0.4 is 5.32 Å². The van der Waals surface area contributed by atoms with Gasteiger partial charge in [0.05, 0.1) is 5.69 Å². The largest absolute Gasteiger partial charge is 0.352 e. The van der Waals surface area contributed by atoms with Gasteiger partial charge in [0.15, 0.2) is 0 Å². The minimum Gasteiger partial charge on any atom is -0.352 e. The smallest absolute Gasteiger partial charge is 0.203 e. The van der Waals surface area contributed by atoms with Gasteiger partial charge in [0.1, 0.15) is 0 Å². The minimum absolute atomic E-state index is 0.540. The fraction of sp³-hybridized carbons (Fsp3) is 0.583. The molecule has 0 unspecified atom stereocenters. The quantitative estimate of drug-likeness (QED) is 0.726. The molecule has 0 spiro atoms. The second-order valence-corrected chi connectivity index (χ2v) is 3.75. The van der Waals surface area contributed by atoms with E-state index >= 15 is 0 Å². The summed E-state index contributed by atoms with van der Waals surface area (Å²) < 4.78 is 2.23. The van der Waals surface area contributed by atoms with Gasteiger partial charge in [0.2, 0.25) is 5.95 Å². The average molecular weight is 207 g/mol. The summed E-state index contributed by atoms with van der Waals surface area (Å²) in [7, 11) is 0. The molecule has 1 N–H and O–H groups in total. The molecule has 0 amide bonds. The lowest BCUT2D eigenvalue weighted by molar-refractivity contribution is 0.476. The van der Waals surface area contributed by atoms with E-state index in [-0.39, 0.29) is 0 Å². The summed E-state index contributed by atoms with van der Waals surface area (Å²) in [5.74, 6) is 0.959. The Morgan fingerprint density at radius 3 is 2.73 bits per heavy atom. The number of aryl methyl sites for hydroxylation is 1. The highest BCUT2D eigenvalue weighted by Gasteiger charge is 2.11. The van der Waals surface area contributed by atoms with Crippen molar-refractivity contribution < 1.29 is 0 Å². The molecule has 0 saturated carbocycles. The maximum Gasteiger partial charge on any atom is 0.203 e. The third-order valence-electron chi connectivity index (χ3n) is 2.59. The van der Waals surface area contributed by atoms with E-state index < -0.39 is 0 Å². The topological polar surface area (TPSA) is 29.9 Å². The molecule has 84 valence electrons. The van der Waals surface area contributed by atoms with Crippen molar-refractivity contribution in [3.05, 3.63) is 24.5 Å². The molecule has 1 heterocycles.